The molecule has 1 heterocycles. The molecule has 1 aliphatic rings. The maximum absolute atomic E-state index is 9.99. The van der Waals surface area contributed by atoms with Crippen molar-refractivity contribution in [3.63, 3.8) is 0 Å². The van der Waals surface area contributed by atoms with E-state index in [1.54, 1.807) is 0 Å². The van der Waals surface area contributed by atoms with Crippen LogP contribution in [0.3, 0.4) is 0 Å². The highest BCUT2D eigenvalue weighted by Crippen LogP contribution is 2.30. The monoisotopic (exact) mass is 242 g/mol. The lowest BCUT2D eigenvalue weighted by Gasteiger charge is -2.36. The van der Waals surface area contributed by atoms with Gasteiger partial charge in [-0.05, 0) is 42.3 Å². The molecule has 0 atom stereocenters. The summed E-state index contributed by atoms with van der Waals surface area (Å²) in [5, 5.41) is 15.7. The van der Waals surface area contributed by atoms with Crippen molar-refractivity contribution < 1.29 is 5.11 Å². The Hall–Kier alpha value is -1.45. The van der Waals surface area contributed by atoms with Crippen LogP contribution >= 0.6 is 0 Å². The van der Waals surface area contributed by atoms with E-state index >= 15 is 0 Å². The summed E-state index contributed by atoms with van der Waals surface area (Å²) in [4.78, 5) is 4.11. The predicted octanol–water partition coefficient (Wildman–Crippen LogP) is 2.24. The number of hydrogen-bond acceptors (Lipinski definition) is 3. The summed E-state index contributed by atoms with van der Waals surface area (Å²) in [6, 6.07) is 8.41. The zero-order chi connectivity index (χ0) is 12.4. The van der Waals surface area contributed by atoms with E-state index < -0.39 is 5.60 Å². The van der Waals surface area contributed by atoms with Gasteiger partial charge in [0.2, 0.25) is 0 Å². The zero-order valence-electron chi connectivity index (χ0n) is 10.4. The van der Waals surface area contributed by atoms with Gasteiger partial charge in [0.25, 0.3) is 0 Å². The third-order valence-electron chi connectivity index (χ3n) is 3.77. The first kappa shape index (κ1) is 11.6. The lowest BCUT2D eigenvalue weighted by atomic mass is 9.80. The predicted molar refractivity (Wildman–Crippen MR) is 72.3 cm³/mol. The van der Waals surface area contributed by atoms with Crippen LogP contribution in [-0.2, 0) is 6.54 Å². The van der Waals surface area contributed by atoms with Crippen LogP contribution in [-0.4, -0.2) is 22.2 Å². The number of pyridine rings is 1. The van der Waals surface area contributed by atoms with Crippen LogP contribution in [0.15, 0.2) is 36.7 Å². The molecule has 1 aromatic heterocycles. The van der Waals surface area contributed by atoms with Gasteiger partial charge in [-0.1, -0.05) is 12.1 Å². The van der Waals surface area contributed by atoms with E-state index in [9.17, 15) is 5.11 Å². The average Bonchev–Trinajstić information content (AvgIpc) is 2.37. The van der Waals surface area contributed by atoms with Gasteiger partial charge < -0.3 is 10.4 Å². The van der Waals surface area contributed by atoms with Crippen LogP contribution in [0, 0.1) is 0 Å². The molecule has 3 rings (SSSR count). The second kappa shape index (κ2) is 4.67. The van der Waals surface area contributed by atoms with Gasteiger partial charge in [-0.2, -0.15) is 0 Å². The summed E-state index contributed by atoms with van der Waals surface area (Å²) >= 11 is 0. The van der Waals surface area contributed by atoms with E-state index in [1.165, 1.54) is 16.3 Å². The molecule has 0 saturated heterocycles. The molecule has 0 aliphatic heterocycles. The quantitative estimate of drug-likeness (QED) is 0.864. The van der Waals surface area contributed by atoms with Gasteiger partial charge in [0.05, 0.1) is 5.60 Å². The Labute approximate surface area is 107 Å². The molecule has 0 radical (unpaired) electrons. The fourth-order valence-corrected chi connectivity index (χ4v) is 2.44. The molecule has 0 bridgehead atoms. The van der Waals surface area contributed by atoms with Gasteiger partial charge in [-0.25, -0.2) is 0 Å². The highest BCUT2D eigenvalue weighted by molar-refractivity contribution is 5.81. The lowest BCUT2D eigenvalue weighted by Crippen LogP contribution is -2.45. The standard InChI is InChI=1S/C15H18N2O/c18-15(5-1-6-15)11-17-9-12-2-3-14-10-16-7-4-13(14)8-12/h2-4,7-8,10,17-18H,1,5-6,9,11H2. The molecular formula is C15H18N2O. The van der Waals surface area contributed by atoms with Crippen molar-refractivity contribution in [2.45, 2.75) is 31.4 Å². The summed E-state index contributed by atoms with van der Waals surface area (Å²) in [5.41, 5.74) is 0.803. The molecule has 0 spiro atoms. The molecule has 1 saturated carbocycles. The Bertz CT molecular complexity index is 549. The Balaban J connectivity index is 1.64. The number of nitrogens with one attached hydrogen (secondary N) is 1. The van der Waals surface area contributed by atoms with E-state index in [1.807, 2.05) is 18.5 Å². The Kier molecular flexibility index (Phi) is 3.02. The van der Waals surface area contributed by atoms with Crippen molar-refractivity contribution in [1.82, 2.24) is 10.3 Å². The number of aliphatic hydroxyl groups is 1. The van der Waals surface area contributed by atoms with E-state index in [-0.39, 0.29) is 0 Å². The van der Waals surface area contributed by atoms with E-state index in [0.717, 1.165) is 25.8 Å². The zero-order valence-corrected chi connectivity index (χ0v) is 10.4. The Morgan fingerprint density at radius 2 is 2.11 bits per heavy atom. The number of benzene rings is 1. The molecule has 94 valence electrons. The largest absolute Gasteiger partial charge is 0.389 e. The maximum Gasteiger partial charge on any atom is 0.0771 e. The highest BCUT2D eigenvalue weighted by Gasteiger charge is 2.33. The maximum atomic E-state index is 9.99. The molecule has 3 nitrogen and oxygen atoms in total. The van der Waals surface area contributed by atoms with Gasteiger partial charge in [-0.3, -0.25) is 4.98 Å². The molecule has 0 unspecified atom stereocenters. The highest BCUT2D eigenvalue weighted by atomic mass is 16.3. The molecule has 2 N–H and O–H groups in total. The topological polar surface area (TPSA) is 45.1 Å². The summed E-state index contributed by atoms with van der Waals surface area (Å²) in [5.74, 6) is 0. The Morgan fingerprint density at radius 3 is 2.89 bits per heavy atom. The van der Waals surface area contributed by atoms with Crippen LogP contribution in [0.1, 0.15) is 24.8 Å². The third kappa shape index (κ3) is 2.37. The first-order valence-electron chi connectivity index (χ1n) is 6.51. The Morgan fingerprint density at radius 1 is 1.22 bits per heavy atom. The number of rotatable bonds is 4. The second-order valence-corrected chi connectivity index (χ2v) is 5.24. The van der Waals surface area contributed by atoms with Gasteiger partial charge in [0.1, 0.15) is 0 Å². The normalized spacial score (nSPS) is 17.6. The van der Waals surface area contributed by atoms with Crippen LogP contribution in [0.2, 0.25) is 0 Å². The first-order valence-corrected chi connectivity index (χ1v) is 6.51. The minimum Gasteiger partial charge on any atom is -0.389 e. The van der Waals surface area contributed by atoms with Crippen LogP contribution in [0.25, 0.3) is 10.8 Å². The molecule has 3 heteroatoms. The van der Waals surface area contributed by atoms with Crippen molar-refractivity contribution in [2.75, 3.05) is 6.54 Å². The van der Waals surface area contributed by atoms with E-state index in [4.69, 9.17) is 0 Å². The number of nitrogens with zero attached hydrogens (tertiary/aromatic N) is 1. The van der Waals surface area contributed by atoms with Crippen LogP contribution in [0.5, 0.6) is 0 Å². The molecular weight excluding hydrogens is 224 g/mol. The van der Waals surface area contributed by atoms with Crippen molar-refractivity contribution in [3.8, 4) is 0 Å². The van der Waals surface area contributed by atoms with Gasteiger partial charge in [0.15, 0.2) is 0 Å². The van der Waals surface area contributed by atoms with E-state index in [2.05, 4.69) is 28.5 Å². The van der Waals surface area contributed by atoms with Gasteiger partial charge in [0, 0.05) is 30.9 Å². The fourth-order valence-electron chi connectivity index (χ4n) is 2.44. The van der Waals surface area contributed by atoms with Gasteiger partial charge >= 0.3 is 0 Å². The molecule has 1 aromatic carbocycles. The van der Waals surface area contributed by atoms with Crippen molar-refractivity contribution in [2.24, 2.45) is 0 Å². The van der Waals surface area contributed by atoms with Crippen LogP contribution < -0.4 is 5.32 Å². The molecule has 0 amide bonds. The molecule has 1 aliphatic carbocycles. The minimum absolute atomic E-state index is 0.444. The third-order valence-corrected chi connectivity index (χ3v) is 3.77. The fraction of sp³-hybridized carbons (Fsp3) is 0.400. The van der Waals surface area contributed by atoms with Crippen molar-refractivity contribution >= 4 is 10.8 Å². The number of fused-ring (bicyclic) bond motifs is 1. The number of hydrogen-bond donors (Lipinski definition) is 2. The van der Waals surface area contributed by atoms with Crippen molar-refractivity contribution in [1.29, 1.82) is 0 Å². The molecule has 18 heavy (non-hydrogen) atoms. The van der Waals surface area contributed by atoms with E-state index in [0.29, 0.717) is 6.54 Å². The summed E-state index contributed by atoms with van der Waals surface area (Å²) < 4.78 is 0. The van der Waals surface area contributed by atoms with Gasteiger partial charge in [-0.15, -0.1) is 0 Å². The number of aromatic nitrogens is 1. The average molecular weight is 242 g/mol. The summed E-state index contributed by atoms with van der Waals surface area (Å²) in [7, 11) is 0. The molecule has 2 aromatic rings. The minimum atomic E-state index is -0.444. The summed E-state index contributed by atoms with van der Waals surface area (Å²) in [6.45, 7) is 1.50. The molecule has 1 fully saturated rings. The first-order chi connectivity index (χ1) is 8.75. The lowest BCUT2D eigenvalue weighted by molar-refractivity contribution is -0.0314. The summed E-state index contributed by atoms with van der Waals surface area (Å²) in [6.07, 6.45) is 6.72. The second-order valence-electron chi connectivity index (χ2n) is 5.24. The van der Waals surface area contributed by atoms with Crippen molar-refractivity contribution in [3.05, 3.63) is 42.2 Å². The smallest absolute Gasteiger partial charge is 0.0771 e. The SMILES string of the molecule is OC1(CNCc2ccc3cnccc3c2)CCC1. The van der Waals surface area contributed by atoms with Crippen LogP contribution in [0.4, 0.5) is 0 Å².